The molecule has 0 bridgehead atoms. The topological polar surface area (TPSA) is 72.3 Å². The number of rotatable bonds is 2. The van der Waals surface area contributed by atoms with E-state index in [1.165, 1.54) is 21.4 Å². The van der Waals surface area contributed by atoms with Crippen molar-refractivity contribution in [1.29, 1.82) is 0 Å². The molecule has 0 radical (unpaired) electrons. The summed E-state index contributed by atoms with van der Waals surface area (Å²) in [4.78, 5) is 11.4. The Kier molecular flexibility index (Phi) is 2.81. The number of hydrogen-bond donors (Lipinski definition) is 0. The van der Waals surface area contributed by atoms with Gasteiger partial charge in [0.05, 0.1) is 12.7 Å². The van der Waals surface area contributed by atoms with Gasteiger partial charge in [0.25, 0.3) is 0 Å². The summed E-state index contributed by atoms with van der Waals surface area (Å²) < 4.78 is 26.8. The van der Waals surface area contributed by atoms with E-state index < -0.39 is 10.0 Å². The molecule has 1 aliphatic heterocycles. The molecule has 16 heavy (non-hydrogen) atoms. The Labute approximate surface area is 93.9 Å². The number of aryl methyl sites for hydroxylation is 1. The predicted octanol–water partition coefficient (Wildman–Crippen LogP) is -0.226. The number of sulfonamides is 1. The van der Waals surface area contributed by atoms with E-state index in [-0.39, 0.29) is 17.2 Å². The molecule has 0 spiro atoms. The third-order valence-electron chi connectivity index (χ3n) is 2.53. The maximum absolute atomic E-state index is 12.1. The van der Waals surface area contributed by atoms with E-state index in [2.05, 4.69) is 5.10 Å². The molecule has 0 aromatic carbocycles. The normalized spacial score (nSPS) is 18.9. The highest BCUT2D eigenvalue weighted by atomic mass is 32.2. The van der Waals surface area contributed by atoms with Crippen molar-refractivity contribution in [1.82, 2.24) is 14.1 Å². The minimum absolute atomic E-state index is 0.0166. The Bertz CT molecular complexity index is 506. The molecule has 0 amide bonds. The van der Waals surface area contributed by atoms with Gasteiger partial charge in [-0.05, 0) is 6.42 Å². The Morgan fingerprint density at radius 2 is 2.19 bits per heavy atom. The number of Topliss-reactive ketones (excluding diaryl/α,β-unsaturated/α-hetero) is 1. The van der Waals surface area contributed by atoms with Gasteiger partial charge in [0, 0.05) is 26.2 Å². The zero-order valence-electron chi connectivity index (χ0n) is 8.96. The molecular weight excluding hydrogens is 230 g/mol. The van der Waals surface area contributed by atoms with Crippen LogP contribution < -0.4 is 0 Å². The Morgan fingerprint density at radius 3 is 2.75 bits per heavy atom. The van der Waals surface area contributed by atoms with E-state index in [1.54, 1.807) is 7.05 Å². The van der Waals surface area contributed by atoms with Crippen LogP contribution in [0.4, 0.5) is 0 Å². The van der Waals surface area contributed by atoms with Crippen molar-refractivity contribution in [2.75, 3.05) is 13.1 Å². The quantitative estimate of drug-likeness (QED) is 0.719. The number of carbonyl (C=O) groups excluding carboxylic acids is 1. The SMILES string of the molecule is Cn1cc(S(=O)(=O)N2CCCC(=O)C2)cn1. The Hall–Kier alpha value is -1.21. The lowest BCUT2D eigenvalue weighted by molar-refractivity contribution is -0.120. The van der Waals surface area contributed by atoms with Crippen LogP contribution in [-0.4, -0.2) is 41.4 Å². The lowest BCUT2D eigenvalue weighted by atomic mass is 10.1. The summed E-state index contributed by atoms with van der Waals surface area (Å²) in [5.41, 5.74) is 0. The number of hydrogen-bond acceptors (Lipinski definition) is 4. The smallest absolute Gasteiger partial charge is 0.246 e. The standard InChI is InChI=1S/C9H13N3O3S/c1-11-7-9(5-10-11)16(14,15)12-4-2-3-8(13)6-12/h5,7H,2-4,6H2,1H3. The summed E-state index contributed by atoms with van der Waals surface area (Å²) in [7, 11) is -1.89. The van der Waals surface area contributed by atoms with Gasteiger partial charge in [-0.2, -0.15) is 9.40 Å². The zero-order valence-corrected chi connectivity index (χ0v) is 9.77. The first-order chi connectivity index (χ1) is 7.50. The van der Waals surface area contributed by atoms with Crippen LogP contribution in [0.2, 0.25) is 0 Å². The number of aromatic nitrogens is 2. The molecule has 1 saturated heterocycles. The largest absolute Gasteiger partial charge is 0.298 e. The highest BCUT2D eigenvalue weighted by Gasteiger charge is 2.29. The molecule has 0 N–H and O–H groups in total. The van der Waals surface area contributed by atoms with E-state index in [0.717, 1.165) is 0 Å². The minimum Gasteiger partial charge on any atom is -0.298 e. The van der Waals surface area contributed by atoms with Crippen LogP contribution in [0.25, 0.3) is 0 Å². The second-order valence-electron chi connectivity index (χ2n) is 3.83. The van der Waals surface area contributed by atoms with Crippen molar-refractivity contribution in [2.24, 2.45) is 7.05 Å². The molecule has 7 heteroatoms. The van der Waals surface area contributed by atoms with Crippen LogP contribution in [0.1, 0.15) is 12.8 Å². The monoisotopic (exact) mass is 243 g/mol. The van der Waals surface area contributed by atoms with E-state index in [9.17, 15) is 13.2 Å². The van der Waals surface area contributed by atoms with Gasteiger partial charge in [0.15, 0.2) is 0 Å². The first-order valence-electron chi connectivity index (χ1n) is 5.00. The third-order valence-corrected chi connectivity index (χ3v) is 4.33. The van der Waals surface area contributed by atoms with Gasteiger partial charge in [0.1, 0.15) is 10.7 Å². The maximum atomic E-state index is 12.1. The number of piperidine rings is 1. The van der Waals surface area contributed by atoms with Crippen LogP contribution in [0.5, 0.6) is 0 Å². The average molecular weight is 243 g/mol. The van der Waals surface area contributed by atoms with Gasteiger partial charge in [-0.3, -0.25) is 9.48 Å². The van der Waals surface area contributed by atoms with E-state index in [1.807, 2.05) is 0 Å². The summed E-state index contributed by atoms with van der Waals surface area (Å²) in [5, 5.41) is 3.82. The molecule has 1 fully saturated rings. The summed E-state index contributed by atoms with van der Waals surface area (Å²) >= 11 is 0. The summed E-state index contributed by atoms with van der Waals surface area (Å²) in [5.74, 6) is -0.0290. The van der Waals surface area contributed by atoms with Crippen molar-refractivity contribution in [3.05, 3.63) is 12.4 Å². The second kappa shape index (κ2) is 3.99. The second-order valence-corrected chi connectivity index (χ2v) is 5.77. The molecule has 88 valence electrons. The molecule has 0 atom stereocenters. The fourth-order valence-electron chi connectivity index (χ4n) is 1.69. The van der Waals surface area contributed by atoms with Gasteiger partial charge >= 0.3 is 0 Å². The molecular formula is C9H13N3O3S. The van der Waals surface area contributed by atoms with Crippen molar-refractivity contribution < 1.29 is 13.2 Å². The Balaban J connectivity index is 2.28. The molecule has 1 aliphatic rings. The molecule has 0 unspecified atom stereocenters. The van der Waals surface area contributed by atoms with Crippen LogP contribution >= 0.6 is 0 Å². The number of ketones is 1. The molecule has 0 saturated carbocycles. The minimum atomic E-state index is -3.54. The molecule has 1 aromatic rings. The number of nitrogens with zero attached hydrogens (tertiary/aromatic N) is 3. The van der Waals surface area contributed by atoms with Gasteiger partial charge in [-0.25, -0.2) is 8.42 Å². The molecule has 2 rings (SSSR count). The van der Waals surface area contributed by atoms with Gasteiger partial charge in [0.2, 0.25) is 10.0 Å². The third kappa shape index (κ3) is 2.00. The van der Waals surface area contributed by atoms with Crippen molar-refractivity contribution >= 4 is 15.8 Å². The van der Waals surface area contributed by atoms with Gasteiger partial charge in [-0.1, -0.05) is 0 Å². The van der Waals surface area contributed by atoms with Gasteiger partial charge in [-0.15, -0.1) is 0 Å². The van der Waals surface area contributed by atoms with Crippen LogP contribution in [-0.2, 0) is 21.9 Å². The lowest BCUT2D eigenvalue weighted by Gasteiger charge is -2.24. The van der Waals surface area contributed by atoms with Crippen LogP contribution in [0, 0.1) is 0 Å². The van der Waals surface area contributed by atoms with Crippen LogP contribution in [0.15, 0.2) is 17.3 Å². The maximum Gasteiger partial charge on any atom is 0.246 e. The molecule has 2 heterocycles. The van der Waals surface area contributed by atoms with Crippen LogP contribution in [0.3, 0.4) is 0 Å². The first-order valence-corrected chi connectivity index (χ1v) is 6.44. The van der Waals surface area contributed by atoms with Gasteiger partial charge < -0.3 is 0 Å². The predicted molar refractivity (Wildman–Crippen MR) is 56.2 cm³/mol. The van der Waals surface area contributed by atoms with E-state index in [0.29, 0.717) is 19.4 Å². The fraction of sp³-hybridized carbons (Fsp3) is 0.556. The van der Waals surface area contributed by atoms with E-state index in [4.69, 9.17) is 0 Å². The molecule has 0 aliphatic carbocycles. The summed E-state index contributed by atoms with van der Waals surface area (Å²) in [6, 6.07) is 0. The summed E-state index contributed by atoms with van der Waals surface area (Å²) in [6.45, 7) is 0.389. The first kappa shape index (κ1) is 11.3. The Morgan fingerprint density at radius 1 is 1.44 bits per heavy atom. The molecule has 1 aromatic heterocycles. The number of carbonyl (C=O) groups is 1. The highest BCUT2D eigenvalue weighted by Crippen LogP contribution is 2.18. The molecule has 6 nitrogen and oxygen atoms in total. The lowest BCUT2D eigenvalue weighted by Crippen LogP contribution is -2.39. The fourth-order valence-corrected chi connectivity index (χ4v) is 3.14. The van der Waals surface area contributed by atoms with Crippen molar-refractivity contribution in [3.63, 3.8) is 0 Å². The van der Waals surface area contributed by atoms with E-state index >= 15 is 0 Å². The zero-order chi connectivity index (χ0) is 11.8. The van der Waals surface area contributed by atoms with Crippen molar-refractivity contribution in [3.8, 4) is 0 Å². The summed E-state index contributed by atoms with van der Waals surface area (Å²) in [6.07, 6.45) is 3.81. The highest BCUT2D eigenvalue weighted by molar-refractivity contribution is 7.89. The average Bonchev–Trinajstić information content (AvgIpc) is 2.65. The van der Waals surface area contributed by atoms with Crippen molar-refractivity contribution in [2.45, 2.75) is 17.7 Å².